The van der Waals surface area contributed by atoms with E-state index in [0.29, 0.717) is 24.8 Å². The fourth-order valence-corrected chi connectivity index (χ4v) is 2.64. The van der Waals surface area contributed by atoms with Gasteiger partial charge in [-0.05, 0) is 12.8 Å². The zero-order valence-corrected chi connectivity index (χ0v) is 9.37. The van der Waals surface area contributed by atoms with Crippen LogP contribution in [0.4, 0.5) is 0 Å². The summed E-state index contributed by atoms with van der Waals surface area (Å²) in [6.07, 6.45) is 5.86. The molecule has 0 unspecified atom stereocenters. The van der Waals surface area contributed by atoms with Crippen molar-refractivity contribution in [2.24, 2.45) is 11.8 Å². The quantitative estimate of drug-likeness (QED) is 0.693. The van der Waals surface area contributed by atoms with E-state index in [1.807, 2.05) is 0 Å². The van der Waals surface area contributed by atoms with Crippen molar-refractivity contribution in [3.05, 3.63) is 0 Å². The monoisotopic (exact) mass is 209 g/mol. The van der Waals surface area contributed by atoms with Crippen molar-refractivity contribution in [1.29, 1.82) is 0 Å². The summed E-state index contributed by atoms with van der Waals surface area (Å²) < 4.78 is 0. The summed E-state index contributed by atoms with van der Waals surface area (Å²) in [4.78, 5) is 24.8. The second-order valence-corrected chi connectivity index (χ2v) is 4.86. The number of nitrogens with zero attached hydrogens (tertiary/aromatic N) is 1. The number of carbonyl (C=O) groups excluding carboxylic acids is 2. The number of hydrogen-bond donors (Lipinski definition) is 0. The van der Waals surface area contributed by atoms with Crippen LogP contribution in [0.1, 0.15) is 39.0 Å². The highest BCUT2D eigenvalue weighted by molar-refractivity contribution is 5.87. The summed E-state index contributed by atoms with van der Waals surface area (Å²) in [6.45, 7) is 2.91. The number of Topliss-reactive ketones (excluding diaryl/α,β-unsaturated/α-hetero) is 1. The van der Waals surface area contributed by atoms with Gasteiger partial charge >= 0.3 is 0 Å². The van der Waals surface area contributed by atoms with Gasteiger partial charge in [-0.2, -0.15) is 0 Å². The Kier molecular flexibility index (Phi) is 3.08. The molecule has 0 aromatic heterocycles. The van der Waals surface area contributed by atoms with E-state index in [1.165, 1.54) is 19.3 Å². The van der Waals surface area contributed by atoms with E-state index in [0.717, 1.165) is 12.8 Å². The van der Waals surface area contributed by atoms with Gasteiger partial charge in [0.05, 0.1) is 5.92 Å². The van der Waals surface area contributed by atoms with Gasteiger partial charge in [-0.3, -0.25) is 9.59 Å². The summed E-state index contributed by atoms with van der Waals surface area (Å²) in [6, 6.07) is 0. The minimum atomic E-state index is 0.0997. The van der Waals surface area contributed by atoms with E-state index in [-0.39, 0.29) is 11.8 Å². The smallest absolute Gasteiger partial charge is 0.219 e. The molecule has 0 bridgehead atoms. The molecule has 1 aliphatic heterocycles. The summed E-state index contributed by atoms with van der Waals surface area (Å²) >= 11 is 0. The third-order valence-corrected chi connectivity index (χ3v) is 3.74. The molecule has 1 heterocycles. The molecule has 1 aliphatic carbocycles. The van der Waals surface area contributed by atoms with Crippen molar-refractivity contribution in [2.45, 2.75) is 39.0 Å². The SMILES string of the molecule is CC(=O)N1CC(C(=O)C2CCCCC2)C1. The van der Waals surface area contributed by atoms with Crippen LogP contribution in [-0.4, -0.2) is 29.7 Å². The highest BCUT2D eigenvalue weighted by Gasteiger charge is 2.37. The molecule has 0 atom stereocenters. The first-order valence-electron chi connectivity index (χ1n) is 5.97. The maximum Gasteiger partial charge on any atom is 0.219 e. The Bertz CT molecular complexity index is 263. The molecule has 0 N–H and O–H groups in total. The van der Waals surface area contributed by atoms with Crippen molar-refractivity contribution in [1.82, 2.24) is 4.90 Å². The summed E-state index contributed by atoms with van der Waals surface area (Å²) in [5, 5.41) is 0. The Hall–Kier alpha value is -0.860. The molecular formula is C12H19NO2. The van der Waals surface area contributed by atoms with Gasteiger partial charge < -0.3 is 4.90 Å². The molecule has 15 heavy (non-hydrogen) atoms. The number of rotatable bonds is 2. The summed E-state index contributed by atoms with van der Waals surface area (Å²) in [5.74, 6) is 0.977. The number of amides is 1. The molecule has 3 nitrogen and oxygen atoms in total. The molecule has 2 fully saturated rings. The van der Waals surface area contributed by atoms with Crippen LogP contribution in [0.3, 0.4) is 0 Å². The van der Waals surface area contributed by atoms with E-state index < -0.39 is 0 Å². The molecule has 0 radical (unpaired) electrons. The predicted octanol–water partition coefficient (Wildman–Crippen LogP) is 1.61. The van der Waals surface area contributed by atoms with Crippen LogP contribution in [0.25, 0.3) is 0 Å². The van der Waals surface area contributed by atoms with Gasteiger partial charge in [-0.1, -0.05) is 19.3 Å². The van der Waals surface area contributed by atoms with Gasteiger partial charge in [0.1, 0.15) is 5.78 Å². The largest absolute Gasteiger partial charge is 0.341 e. The van der Waals surface area contributed by atoms with E-state index >= 15 is 0 Å². The molecule has 0 aromatic carbocycles. The zero-order valence-electron chi connectivity index (χ0n) is 9.37. The highest BCUT2D eigenvalue weighted by atomic mass is 16.2. The van der Waals surface area contributed by atoms with Crippen LogP contribution < -0.4 is 0 Å². The average molecular weight is 209 g/mol. The summed E-state index contributed by atoms with van der Waals surface area (Å²) in [7, 11) is 0. The topological polar surface area (TPSA) is 37.4 Å². The average Bonchev–Trinajstić information content (AvgIpc) is 2.16. The molecule has 1 saturated carbocycles. The Morgan fingerprint density at radius 1 is 1.00 bits per heavy atom. The number of ketones is 1. The van der Waals surface area contributed by atoms with Crippen molar-refractivity contribution in [3.8, 4) is 0 Å². The van der Waals surface area contributed by atoms with E-state index in [9.17, 15) is 9.59 Å². The first-order valence-corrected chi connectivity index (χ1v) is 5.97. The lowest BCUT2D eigenvalue weighted by atomic mass is 9.79. The van der Waals surface area contributed by atoms with Crippen molar-refractivity contribution in [3.63, 3.8) is 0 Å². The molecule has 2 aliphatic rings. The van der Waals surface area contributed by atoms with Crippen LogP contribution >= 0.6 is 0 Å². The second-order valence-electron chi connectivity index (χ2n) is 4.86. The van der Waals surface area contributed by atoms with Crippen LogP contribution in [0.15, 0.2) is 0 Å². The first-order chi connectivity index (χ1) is 7.18. The van der Waals surface area contributed by atoms with Crippen molar-refractivity contribution >= 4 is 11.7 Å². The molecule has 1 amide bonds. The van der Waals surface area contributed by atoms with Gasteiger partial charge in [-0.25, -0.2) is 0 Å². The number of likely N-dealkylation sites (tertiary alicyclic amines) is 1. The lowest BCUT2D eigenvalue weighted by Crippen LogP contribution is -2.53. The molecule has 0 aromatic rings. The van der Waals surface area contributed by atoms with Gasteiger partial charge in [0.25, 0.3) is 0 Å². The standard InChI is InChI=1S/C12H19NO2/c1-9(14)13-7-11(8-13)12(15)10-5-3-2-4-6-10/h10-11H,2-8H2,1H3. The normalized spacial score (nSPS) is 23.7. The van der Waals surface area contributed by atoms with Crippen molar-refractivity contribution < 1.29 is 9.59 Å². The fourth-order valence-electron chi connectivity index (χ4n) is 2.64. The predicted molar refractivity (Wildman–Crippen MR) is 57.3 cm³/mol. The van der Waals surface area contributed by atoms with Gasteiger partial charge in [0.15, 0.2) is 0 Å². The van der Waals surface area contributed by atoms with E-state index in [4.69, 9.17) is 0 Å². The Balaban J connectivity index is 1.80. The van der Waals surface area contributed by atoms with Crippen molar-refractivity contribution in [2.75, 3.05) is 13.1 Å². The van der Waals surface area contributed by atoms with E-state index in [1.54, 1.807) is 11.8 Å². The van der Waals surface area contributed by atoms with Crippen LogP contribution in [0.2, 0.25) is 0 Å². The lowest BCUT2D eigenvalue weighted by Gasteiger charge is -2.39. The second kappa shape index (κ2) is 4.33. The fraction of sp³-hybridized carbons (Fsp3) is 0.833. The van der Waals surface area contributed by atoms with E-state index in [2.05, 4.69) is 0 Å². The van der Waals surface area contributed by atoms with Gasteiger partial charge in [-0.15, -0.1) is 0 Å². The number of carbonyl (C=O) groups is 2. The Labute approximate surface area is 90.8 Å². The van der Waals surface area contributed by atoms with Crippen LogP contribution in [0.5, 0.6) is 0 Å². The Morgan fingerprint density at radius 3 is 2.13 bits per heavy atom. The molecule has 2 rings (SSSR count). The molecule has 0 spiro atoms. The van der Waals surface area contributed by atoms with Gasteiger partial charge in [0.2, 0.25) is 5.91 Å². The minimum absolute atomic E-state index is 0.0997. The third kappa shape index (κ3) is 2.21. The molecule has 1 saturated heterocycles. The Morgan fingerprint density at radius 2 is 1.60 bits per heavy atom. The third-order valence-electron chi connectivity index (χ3n) is 3.74. The molecule has 84 valence electrons. The summed E-state index contributed by atoms with van der Waals surface area (Å²) in [5.41, 5.74) is 0. The van der Waals surface area contributed by atoms with Crippen LogP contribution in [-0.2, 0) is 9.59 Å². The number of hydrogen-bond acceptors (Lipinski definition) is 2. The molecular weight excluding hydrogens is 190 g/mol. The lowest BCUT2D eigenvalue weighted by molar-refractivity contribution is -0.142. The first kappa shape index (κ1) is 10.7. The minimum Gasteiger partial charge on any atom is -0.341 e. The maximum atomic E-state index is 12.0. The maximum absolute atomic E-state index is 12.0. The zero-order chi connectivity index (χ0) is 10.8. The highest BCUT2D eigenvalue weighted by Crippen LogP contribution is 2.29. The molecule has 3 heteroatoms. The van der Waals surface area contributed by atoms with Gasteiger partial charge in [0, 0.05) is 25.9 Å². The van der Waals surface area contributed by atoms with Crippen LogP contribution in [0, 0.1) is 11.8 Å².